The highest BCUT2D eigenvalue weighted by Gasteiger charge is 2.23. The molecule has 0 spiro atoms. The topological polar surface area (TPSA) is 87.8 Å². The number of carbonyl (C=O) groups is 1. The van der Waals surface area contributed by atoms with Crippen molar-refractivity contribution in [1.29, 1.82) is 0 Å². The van der Waals surface area contributed by atoms with E-state index in [0.29, 0.717) is 12.8 Å². The van der Waals surface area contributed by atoms with Crippen molar-refractivity contribution in [2.45, 2.75) is 26.7 Å². The average molecular weight is 400 g/mol. The molecule has 0 aliphatic carbocycles. The van der Waals surface area contributed by atoms with E-state index in [1.54, 1.807) is 6.20 Å². The lowest BCUT2D eigenvalue weighted by molar-refractivity contribution is -0.131. The zero-order valence-corrected chi connectivity index (χ0v) is 17.1. The summed E-state index contributed by atoms with van der Waals surface area (Å²) in [7, 11) is 0. The fraction of sp³-hybridized carbons (Fsp3) is 0.600. The molecule has 0 atom stereocenters. The number of anilines is 2. The van der Waals surface area contributed by atoms with Gasteiger partial charge < -0.3 is 24.0 Å². The molecule has 2 aliphatic heterocycles. The van der Waals surface area contributed by atoms with E-state index in [9.17, 15) is 4.79 Å². The van der Waals surface area contributed by atoms with Gasteiger partial charge in [-0.25, -0.2) is 0 Å². The maximum Gasteiger partial charge on any atom is 0.223 e. The maximum atomic E-state index is 12.6. The third-order valence-corrected chi connectivity index (χ3v) is 5.73. The largest absolute Gasteiger partial charge is 0.378 e. The lowest BCUT2D eigenvalue weighted by Crippen LogP contribution is -2.49. The van der Waals surface area contributed by atoms with Crippen LogP contribution in [0.4, 0.5) is 11.5 Å². The molecule has 1 amide bonds. The minimum absolute atomic E-state index is 0.187. The number of rotatable bonds is 5. The van der Waals surface area contributed by atoms with Gasteiger partial charge in [-0.15, -0.1) is 5.10 Å². The van der Waals surface area contributed by atoms with Crippen LogP contribution >= 0.6 is 0 Å². The lowest BCUT2D eigenvalue weighted by Gasteiger charge is -2.36. The van der Waals surface area contributed by atoms with Gasteiger partial charge in [-0.3, -0.25) is 4.79 Å². The molecule has 9 nitrogen and oxygen atoms in total. The minimum Gasteiger partial charge on any atom is -0.378 e. The van der Waals surface area contributed by atoms with Gasteiger partial charge in [-0.2, -0.15) is 5.10 Å². The maximum absolute atomic E-state index is 12.6. The van der Waals surface area contributed by atoms with E-state index in [1.165, 1.54) is 0 Å². The van der Waals surface area contributed by atoms with Crippen LogP contribution in [-0.4, -0.2) is 78.6 Å². The zero-order chi connectivity index (χ0) is 20.2. The first-order chi connectivity index (χ1) is 14.1. The number of aryl methyl sites for hydroxylation is 2. The van der Waals surface area contributed by atoms with Crippen molar-refractivity contribution in [2.24, 2.45) is 0 Å². The van der Waals surface area contributed by atoms with Crippen molar-refractivity contribution in [3.05, 3.63) is 29.3 Å². The fourth-order valence-corrected chi connectivity index (χ4v) is 3.93. The van der Waals surface area contributed by atoms with Gasteiger partial charge in [0.05, 0.1) is 30.8 Å². The number of morpholine rings is 1. The van der Waals surface area contributed by atoms with Crippen LogP contribution in [0.15, 0.2) is 16.8 Å². The predicted octanol–water partition coefficient (Wildman–Crippen LogP) is 1.20. The summed E-state index contributed by atoms with van der Waals surface area (Å²) < 4.78 is 10.6. The van der Waals surface area contributed by atoms with Crippen LogP contribution in [-0.2, 0) is 16.0 Å². The van der Waals surface area contributed by atoms with Gasteiger partial charge in [0.1, 0.15) is 5.76 Å². The van der Waals surface area contributed by atoms with Crippen LogP contribution in [0.1, 0.15) is 23.4 Å². The summed E-state index contributed by atoms with van der Waals surface area (Å²) in [5.41, 5.74) is 2.99. The monoisotopic (exact) mass is 400 g/mol. The van der Waals surface area contributed by atoms with Gasteiger partial charge in [0.15, 0.2) is 5.82 Å². The van der Waals surface area contributed by atoms with Crippen molar-refractivity contribution in [3.8, 4) is 0 Å². The van der Waals surface area contributed by atoms with E-state index in [1.807, 2.05) is 18.7 Å². The standard InChI is InChI=1S/C20H28N6O3/c1-15-18(16(2)29-23-15)3-4-20(27)26-7-5-24(6-8-26)17-13-19(22-21-14-17)25-9-11-28-12-10-25/h13-14H,3-12H2,1-2H3. The van der Waals surface area contributed by atoms with Crippen molar-refractivity contribution >= 4 is 17.4 Å². The summed E-state index contributed by atoms with van der Waals surface area (Å²) >= 11 is 0. The first kappa shape index (κ1) is 19.6. The molecule has 0 unspecified atom stereocenters. The normalized spacial score (nSPS) is 17.7. The molecule has 4 rings (SSSR count). The number of aromatic nitrogens is 3. The smallest absolute Gasteiger partial charge is 0.223 e. The van der Waals surface area contributed by atoms with Crippen LogP contribution in [0.3, 0.4) is 0 Å². The van der Waals surface area contributed by atoms with Crippen molar-refractivity contribution in [2.75, 3.05) is 62.3 Å². The Morgan fingerprint density at radius 2 is 1.83 bits per heavy atom. The Balaban J connectivity index is 1.30. The predicted molar refractivity (Wildman–Crippen MR) is 108 cm³/mol. The Bertz CT molecular complexity index is 821. The van der Waals surface area contributed by atoms with Crippen LogP contribution in [0, 0.1) is 13.8 Å². The first-order valence-electron chi connectivity index (χ1n) is 10.2. The molecule has 2 aromatic rings. The highest BCUT2D eigenvalue weighted by molar-refractivity contribution is 5.77. The highest BCUT2D eigenvalue weighted by Crippen LogP contribution is 2.21. The summed E-state index contributed by atoms with van der Waals surface area (Å²) in [6, 6.07) is 2.09. The highest BCUT2D eigenvalue weighted by atomic mass is 16.5. The molecule has 0 N–H and O–H groups in total. The third kappa shape index (κ3) is 4.50. The van der Waals surface area contributed by atoms with E-state index in [-0.39, 0.29) is 5.91 Å². The second-order valence-corrected chi connectivity index (χ2v) is 7.54. The van der Waals surface area contributed by atoms with E-state index in [4.69, 9.17) is 9.26 Å². The van der Waals surface area contributed by atoms with Gasteiger partial charge in [0.2, 0.25) is 5.91 Å². The van der Waals surface area contributed by atoms with Crippen LogP contribution in [0.5, 0.6) is 0 Å². The number of amides is 1. The van der Waals surface area contributed by atoms with Crippen molar-refractivity contribution in [1.82, 2.24) is 20.3 Å². The van der Waals surface area contributed by atoms with E-state index >= 15 is 0 Å². The summed E-state index contributed by atoms with van der Waals surface area (Å²) in [4.78, 5) is 19.1. The Labute approximate surface area is 170 Å². The molecular formula is C20H28N6O3. The van der Waals surface area contributed by atoms with Gasteiger partial charge in [0.25, 0.3) is 0 Å². The molecule has 0 bridgehead atoms. The third-order valence-electron chi connectivity index (χ3n) is 5.73. The fourth-order valence-electron chi connectivity index (χ4n) is 3.93. The lowest BCUT2D eigenvalue weighted by atomic mass is 10.1. The van der Waals surface area contributed by atoms with Crippen LogP contribution < -0.4 is 9.80 Å². The Kier molecular flexibility index (Phi) is 5.94. The number of ether oxygens (including phenoxy) is 1. The second kappa shape index (κ2) is 8.77. The second-order valence-electron chi connectivity index (χ2n) is 7.54. The number of carbonyl (C=O) groups excluding carboxylic acids is 1. The molecule has 2 fully saturated rings. The zero-order valence-electron chi connectivity index (χ0n) is 17.1. The van der Waals surface area contributed by atoms with Crippen molar-refractivity contribution < 1.29 is 14.1 Å². The summed E-state index contributed by atoms with van der Waals surface area (Å²) in [6.07, 6.45) is 2.97. The average Bonchev–Trinajstić information content (AvgIpc) is 3.10. The molecule has 9 heteroatoms. The molecule has 2 aliphatic rings. The Hall–Kier alpha value is -2.68. The number of piperazine rings is 1. The molecule has 156 valence electrons. The van der Waals surface area contributed by atoms with E-state index in [0.717, 1.165) is 81.0 Å². The molecule has 29 heavy (non-hydrogen) atoms. The van der Waals surface area contributed by atoms with Crippen molar-refractivity contribution in [3.63, 3.8) is 0 Å². The molecule has 2 saturated heterocycles. The van der Waals surface area contributed by atoms with Gasteiger partial charge >= 0.3 is 0 Å². The Morgan fingerprint density at radius 1 is 1.07 bits per heavy atom. The van der Waals surface area contributed by atoms with E-state index in [2.05, 4.69) is 31.2 Å². The van der Waals surface area contributed by atoms with Crippen LogP contribution in [0.25, 0.3) is 0 Å². The quantitative estimate of drug-likeness (QED) is 0.740. The molecule has 0 aromatic carbocycles. The van der Waals surface area contributed by atoms with Crippen LogP contribution in [0.2, 0.25) is 0 Å². The number of nitrogens with zero attached hydrogens (tertiary/aromatic N) is 6. The first-order valence-corrected chi connectivity index (χ1v) is 10.2. The minimum atomic E-state index is 0.187. The molecular weight excluding hydrogens is 372 g/mol. The molecule has 0 saturated carbocycles. The summed E-state index contributed by atoms with van der Waals surface area (Å²) in [5, 5.41) is 12.4. The molecule has 4 heterocycles. The number of hydrogen-bond acceptors (Lipinski definition) is 8. The van der Waals surface area contributed by atoms with Gasteiger partial charge in [0, 0.05) is 57.3 Å². The SMILES string of the molecule is Cc1noc(C)c1CCC(=O)N1CCN(c2cnnc(N3CCOCC3)c2)CC1. The summed E-state index contributed by atoms with van der Waals surface area (Å²) in [5.74, 6) is 1.89. The molecule has 2 aromatic heterocycles. The molecule has 0 radical (unpaired) electrons. The number of hydrogen-bond donors (Lipinski definition) is 0. The van der Waals surface area contributed by atoms with Gasteiger partial charge in [-0.05, 0) is 20.3 Å². The summed E-state index contributed by atoms with van der Waals surface area (Å²) in [6.45, 7) is 9.97. The van der Waals surface area contributed by atoms with Gasteiger partial charge in [-0.1, -0.05) is 5.16 Å². The Morgan fingerprint density at radius 3 is 2.52 bits per heavy atom. The van der Waals surface area contributed by atoms with E-state index < -0.39 is 0 Å².